The van der Waals surface area contributed by atoms with Crippen LogP contribution in [0.25, 0.3) is 0 Å². The van der Waals surface area contributed by atoms with Crippen molar-refractivity contribution >= 4 is 17.5 Å². The summed E-state index contributed by atoms with van der Waals surface area (Å²) in [5, 5.41) is 3.17. The smallest absolute Gasteiger partial charge is 0.259 e. The van der Waals surface area contributed by atoms with Gasteiger partial charge in [-0.3, -0.25) is 14.5 Å². The summed E-state index contributed by atoms with van der Waals surface area (Å²) in [5.74, 6) is -1.15. The maximum absolute atomic E-state index is 14.9. The minimum atomic E-state index is -0.731. The van der Waals surface area contributed by atoms with Crippen LogP contribution in [-0.4, -0.2) is 23.4 Å². The van der Waals surface area contributed by atoms with Crippen LogP contribution in [0.5, 0.6) is 0 Å². The average Bonchev–Trinajstić information content (AvgIpc) is 3.54. The third kappa shape index (κ3) is 2.95. The van der Waals surface area contributed by atoms with Crippen LogP contribution in [-0.2, 0) is 4.79 Å². The number of para-hydroxylation sites is 1. The molecule has 1 atom stereocenters. The third-order valence-electron chi connectivity index (χ3n) is 6.69. The van der Waals surface area contributed by atoms with Gasteiger partial charge in [-0.2, -0.15) is 0 Å². The van der Waals surface area contributed by atoms with Gasteiger partial charge in [0.1, 0.15) is 5.82 Å². The van der Waals surface area contributed by atoms with Crippen LogP contribution in [0.15, 0.2) is 48.5 Å². The Bertz CT molecular complexity index is 963. The molecule has 0 radical (unpaired) electrons. The van der Waals surface area contributed by atoms with Crippen molar-refractivity contribution in [3.63, 3.8) is 0 Å². The maximum atomic E-state index is 14.9. The van der Waals surface area contributed by atoms with Crippen LogP contribution < -0.4 is 10.2 Å². The number of amides is 2. The van der Waals surface area contributed by atoms with Crippen molar-refractivity contribution in [1.29, 1.82) is 0 Å². The number of anilines is 1. The van der Waals surface area contributed by atoms with Crippen LogP contribution >= 0.6 is 0 Å². The lowest BCUT2D eigenvalue weighted by Gasteiger charge is -2.53. The molecule has 29 heavy (non-hydrogen) atoms. The monoisotopic (exact) mass is 392 g/mol. The Morgan fingerprint density at radius 3 is 2.41 bits per heavy atom. The summed E-state index contributed by atoms with van der Waals surface area (Å²) in [5.41, 5.74) is 0.830. The van der Waals surface area contributed by atoms with E-state index in [2.05, 4.69) is 5.32 Å². The normalized spacial score (nSPS) is 23.0. The highest BCUT2D eigenvalue weighted by molar-refractivity contribution is 6.12. The van der Waals surface area contributed by atoms with Gasteiger partial charge in [-0.1, -0.05) is 49.6 Å². The lowest BCUT2D eigenvalue weighted by atomic mass is 9.65. The van der Waals surface area contributed by atoms with Crippen molar-refractivity contribution in [2.24, 2.45) is 0 Å². The highest BCUT2D eigenvalue weighted by Crippen LogP contribution is 2.51. The molecule has 2 amide bonds. The molecule has 0 bridgehead atoms. The van der Waals surface area contributed by atoms with E-state index >= 15 is 0 Å². The summed E-state index contributed by atoms with van der Waals surface area (Å²) in [6.07, 6.45) is 6.32. The van der Waals surface area contributed by atoms with E-state index in [4.69, 9.17) is 0 Å². The second-order valence-electron chi connectivity index (χ2n) is 8.56. The van der Waals surface area contributed by atoms with E-state index in [9.17, 15) is 14.0 Å². The maximum Gasteiger partial charge on any atom is 0.259 e. The van der Waals surface area contributed by atoms with Crippen LogP contribution in [0.2, 0.25) is 0 Å². The highest BCUT2D eigenvalue weighted by atomic mass is 19.1. The van der Waals surface area contributed by atoms with E-state index in [1.165, 1.54) is 6.07 Å². The molecule has 1 spiro atoms. The first-order chi connectivity index (χ1) is 14.1. The minimum Gasteiger partial charge on any atom is -0.353 e. The molecule has 2 aliphatic carbocycles. The Morgan fingerprint density at radius 1 is 1.00 bits per heavy atom. The molecule has 3 aliphatic rings. The Hall–Kier alpha value is -2.69. The van der Waals surface area contributed by atoms with Gasteiger partial charge in [0.25, 0.3) is 5.91 Å². The number of hydrogen-bond acceptors (Lipinski definition) is 2. The summed E-state index contributed by atoms with van der Waals surface area (Å²) in [7, 11) is 0. The number of fused-ring (bicyclic) bond motifs is 1. The standard InChI is InChI=1S/C24H25FN2O2/c25-19-10-4-5-11-20(19)27-23(29)18-9-3-2-8-17(18)21(22(28)26-16-12-13-16)24(27)14-6-1-7-15-24/h2-5,8-11,16,21H,1,6-7,12-15H2,(H,26,28)/t21-/m0/s1. The van der Waals surface area contributed by atoms with Gasteiger partial charge in [-0.25, -0.2) is 4.39 Å². The second-order valence-corrected chi connectivity index (χ2v) is 8.56. The largest absolute Gasteiger partial charge is 0.353 e. The summed E-state index contributed by atoms with van der Waals surface area (Å²) in [6, 6.07) is 14.0. The molecule has 2 aromatic carbocycles. The third-order valence-corrected chi connectivity index (χ3v) is 6.69. The van der Waals surface area contributed by atoms with Crippen LogP contribution in [0.4, 0.5) is 10.1 Å². The van der Waals surface area contributed by atoms with Gasteiger partial charge in [0.05, 0.1) is 17.1 Å². The van der Waals surface area contributed by atoms with E-state index in [0.29, 0.717) is 18.4 Å². The molecule has 5 heteroatoms. The molecule has 150 valence electrons. The number of rotatable bonds is 3. The predicted octanol–water partition coefficient (Wildman–Crippen LogP) is 4.55. The van der Waals surface area contributed by atoms with Gasteiger partial charge in [-0.05, 0) is 49.4 Å². The molecule has 5 rings (SSSR count). The predicted molar refractivity (Wildman–Crippen MR) is 109 cm³/mol. The van der Waals surface area contributed by atoms with Gasteiger partial charge in [-0.15, -0.1) is 0 Å². The Labute approximate surface area is 170 Å². The molecule has 0 unspecified atom stereocenters. The zero-order valence-corrected chi connectivity index (χ0v) is 16.4. The van der Waals surface area contributed by atoms with E-state index in [1.54, 1.807) is 29.2 Å². The Balaban J connectivity index is 1.72. The quantitative estimate of drug-likeness (QED) is 0.833. The summed E-state index contributed by atoms with van der Waals surface area (Å²) in [6.45, 7) is 0. The number of nitrogens with zero attached hydrogens (tertiary/aromatic N) is 1. The van der Waals surface area contributed by atoms with Gasteiger partial charge in [0.2, 0.25) is 5.91 Å². The lowest BCUT2D eigenvalue weighted by Crippen LogP contribution is -2.63. The number of carbonyl (C=O) groups excluding carboxylic acids is 2. The van der Waals surface area contributed by atoms with E-state index < -0.39 is 17.3 Å². The van der Waals surface area contributed by atoms with Crippen LogP contribution in [0.3, 0.4) is 0 Å². The van der Waals surface area contributed by atoms with Crippen molar-refractivity contribution < 1.29 is 14.0 Å². The molecule has 0 saturated heterocycles. The minimum absolute atomic E-state index is 0.0318. The van der Waals surface area contributed by atoms with Crippen molar-refractivity contribution in [1.82, 2.24) is 5.32 Å². The fourth-order valence-electron chi connectivity index (χ4n) is 5.24. The summed E-state index contributed by atoms with van der Waals surface area (Å²) >= 11 is 0. The molecule has 1 aliphatic heterocycles. The Kier molecular flexibility index (Phi) is 4.41. The fourth-order valence-corrected chi connectivity index (χ4v) is 5.24. The SMILES string of the molecule is O=C(NC1CC1)[C@@H]1c2ccccc2C(=O)N(c2ccccc2F)C12CCCCC2. The van der Waals surface area contributed by atoms with Crippen molar-refractivity contribution in [2.45, 2.75) is 62.4 Å². The van der Waals surface area contributed by atoms with Gasteiger partial charge in [0.15, 0.2) is 0 Å². The number of hydrogen-bond donors (Lipinski definition) is 1. The van der Waals surface area contributed by atoms with Crippen molar-refractivity contribution in [3.05, 3.63) is 65.5 Å². The first-order valence-electron chi connectivity index (χ1n) is 10.6. The lowest BCUT2D eigenvalue weighted by molar-refractivity contribution is -0.124. The van der Waals surface area contributed by atoms with Crippen molar-refractivity contribution in [3.8, 4) is 0 Å². The van der Waals surface area contributed by atoms with Crippen molar-refractivity contribution in [2.75, 3.05) is 4.90 Å². The van der Waals surface area contributed by atoms with Gasteiger partial charge in [0, 0.05) is 11.6 Å². The molecular formula is C24H25FN2O2. The number of halogens is 1. The molecule has 1 heterocycles. The zero-order chi connectivity index (χ0) is 20.0. The Morgan fingerprint density at radius 2 is 1.69 bits per heavy atom. The fraction of sp³-hybridized carbons (Fsp3) is 0.417. The number of nitrogens with one attached hydrogen (secondary N) is 1. The second kappa shape index (κ2) is 6.97. The molecule has 2 saturated carbocycles. The average molecular weight is 392 g/mol. The molecule has 4 nitrogen and oxygen atoms in total. The molecular weight excluding hydrogens is 367 g/mol. The van der Waals surface area contributed by atoms with Crippen LogP contribution in [0.1, 0.15) is 66.8 Å². The first kappa shape index (κ1) is 18.3. The zero-order valence-electron chi connectivity index (χ0n) is 16.4. The topological polar surface area (TPSA) is 49.4 Å². The highest BCUT2D eigenvalue weighted by Gasteiger charge is 2.56. The van der Waals surface area contributed by atoms with Crippen LogP contribution in [0, 0.1) is 5.82 Å². The number of carbonyl (C=O) groups is 2. The van der Waals surface area contributed by atoms with E-state index in [-0.39, 0.29) is 23.5 Å². The summed E-state index contributed by atoms with van der Waals surface area (Å²) in [4.78, 5) is 28.8. The van der Waals surface area contributed by atoms with Gasteiger partial charge >= 0.3 is 0 Å². The van der Waals surface area contributed by atoms with E-state index in [1.807, 2.05) is 18.2 Å². The summed E-state index contributed by atoms with van der Waals surface area (Å²) < 4.78 is 14.9. The molecule has 0 aromatic heterocycles. The van der Waals surface area contributed by atoms with Gasteiger partial charge < -0.3 is 5.32 Å². The molecule has 1 N–H and O–H groups in total. The molecule has 2 fully saturated rings. The van der Waals surface area contributed by atoms with E-state index in [0.717, 1.165) is 37.7 Å². The molecule has 2 aromatic rings. The first-order valence-corrected chi connectivity index (χ1v) is 10.6. The number of benzene rings is 2.